The zero-order chi connectivity index (χ0) is 17.1. The highest BCUT2D eigenvalue weighted by Gasteiger charge is 2.25. The Hall–Kier alpha value is -2.65. The van der Waals surface area contributed by atoms with Crippen molar-refractivity contribution in [1.82, 2.24) is 0 Å². The standard InChI is InChI=1S/C22H20N2S/c1-18-23(19-10-4-2-5-11-19)16-17-24(18)21-14-8-9-15-22(21)25-20-12-6-3-7-13-20/h2-18H,1H3. The highest BCUT2D eigenvalue weighted by molar-refractivity contribution is 7.99. The summed E-state index contributed by atoms with van der Waals surface area (Å²) in [6.07, 6.45) is 4.56. The number of benzene rings is 3. The molecule has 0 saturated carbocycles. The van der Waals surface area contributed by atoms with Crippen molar-refractivity contribution in [3.05, 3.63) is 97.3 Å². The molecule has 1 heterocycles. The van der Waals surface area contributed by atoms with Crippen LogP contribution in [0, 0.1) is 0 Å². The molecule has 3 aromatic rings. The van der Waals surface area contributed by atoms with E-state index in [0.717, 1.165) is 0 Å². The number of anilines is 2. The fourth-order valence-electron chi connectivity index (χ4n) is 3.08. The molecule has 0 saturated heterocycles. The Balaban J connectivity index is 1.62. The van der Waals surface area contributed by atoms with E-state index < -0.39 is 0 Å². The first kappa shape index (κ1) is 15.9. The van der Waals surface area contributed by atoms with Crippen LogP contribution in [0.5, 0.6) is 0 Å². The van der Waals surface area contributed by atoms with Crippen molar-refractivity contribution < 1.29 is 0 Å². The molecule has 0 spiro atoms. The van der Waals surface area contributed by atoms with Crippen LogP contribution in [0.15, 0.2) is 107 Å². The van der Waals surface area contributed by atoms with Gasteiger partial charge in [-0.2, -0.15) is 0 Å². The highest BCUT2D eigenvalue weighted by Crippen LogP contribution is 2.38. The maximum absolute atomic E-state index is 2.33. The SMILES string of the molecule is CC1N(c2ccccc2)C=CN1c1ccccc1Sc1ccccc1. The second-order valence-electron chi connectivity index (χ2n) is 5.96. The summed E-state index contributed by atoms with van der Waals surface area (Å²) in [5.74, 6) is 0. The highest BCUT2D eigenvalue weighted by atomic mass is 32.2. The molecule has 124 valence electrons. The fourth-order valence-corrected chi connectivity index (χ4v) is 4.05. The molecule has 1 unspecified atom stereocenters. The van der Waals surface area contributed by atoms with Crippen molar-refractivity contribution in [2.24, 2.45) is 0 Å². The third-order valence-corrected chi connectivity index (χ3v) is 5.43. The van der Waals surface area contributed by atoms with Gasteiger partial charge in [0.15, 0.2) is 0 Å². The van der Waals surface area contributed by atoms with Gasteiger partial charge in [0.2, 0.25) is 0 Å². The van der Waals surface area contributed by atoms with Gasteiger partial charge in [0, 0.05) is 27.9 Å². The van der Waals surface area contributed by atoms with E-state index in [1.54, 1.807) is 11.8 Å². The Morgan fingerprint density at radius 2 is 1.28 bits per heavy atom. The molecular formula is C22H20N2S. The molecule has 3 aromatic carbocycles. The van der Waals surface area contributed by atoms with Crippen LogP contribution in [0.4, 0.5) is 11.4 Å². The molecule has 3 heteroatoms. The van der Waals surface area contributed by atoms with E-state index in [4.69, 9.17) is 0 Å². The summed E-state index contributed by atoms with van der Waals surface area (Å²) >= 11 is 1.81. The first-order chi connectivity index (χ1) is 12.3. The maximum atomic E-state index is 2.33. The summed E-state index contributed by atoms with van der Waals surface area (Å²) in [4.78, 5) is 7.15. The third kappa shape index (κ3) is 3.28. The van der Waals surface area contributed by atoms with Crippen LogP contribution in [-0.2, 0) is 0 Å². The molecule has 1 aliphatic heterocycles. The lowest BCUT2D eigenvalue weighted by Gasteiger charge is -2.31. The van der Waals surface area contributed by atoms with Crippen LogP contribution in [0.25, 0.3) is 0 Å². The first-order valence-electron chi connectivity index (χ1n) is 8.45. The molecule has 4 rings (SSSR count). The summed E-state index contributed by atoms with van der Waals surface area (Å²) in [6.45, 7) is 2.23. The molecule has 25 heavy (non-hydrogen) atoms. The van der Waals surface area contributed by atoms with E-state index in [1.807, 2.05) is 0 Å². The van der Waals surface area contributed by atoms with Gasteiger partial charge in [0.25, 0.3) is 0 Å². The first-order valence-corrected chi connectivity index (χ1v) is 9.26. The maximum Gasteiger partial charge on any atom is 0.107 e. The molecule has 2 nitrogen and oxygen atoms in total. The van der Waals surface area contributed by atoms with Gasteiger partial charge < -0.3 is 9.80 Å². The van der Waals surface area contributed by atoms with Gasteiger partial charge in [0.05, 0.1) is 5.69 Å². The van der Waals surface area contributed by atoms with Gasteiger partial charge in [-0.1, -0.05) is 60.3 Å². The van der Waals surface area contributed by atoms with Gasteiger partial charge in [-0.3, -0.25) is 0 Å². The van der Waals surface area contributed by atoms with Crippen molar-refractivity contribution in [1.29, 1.82) is 0 Å². The minimum Gasteiger partial charge on any atom is -0.326 e. The molecule has 1 atom stereocenters. The minimum absolute atomic E-state index is 0.236. The largest absolute Gasteiger partial charge is 0.326 e. The van der Waals surface area contributed by atoms with Gasteiger partial charge >= 0.3 is 0 Å². The second kappa shape index (κ2) is 7.08. The predicted molar refractivity (Wildman–Crippen MR) is 107 cm³/mol. The number of nitrogens with zero attached hydrogens (tertiary/aromatic N) is 2. The Kier molecular flexibility index (Phi) is 4.49. The molecule has 0 aliphatic carbocycles. The van der Waals surface area contributed by atoms with Gasteiger partial charge in [-0.05, 0) is 43.3 Å². The number of hydrogen-bond acceptors (Lipinski definition) is 3. The number of rotatable bonds is 4. The zero-order valence-corrected chi connectivity index (χ0v) is 14.9. The number of hydrogen-bond donors (Lipinski definition) is 0. The lowest BCUT2D eigenvalue weighted by molar-refractivity contribution is 0.745. The average Bonchev–Trinajstić information content (AvgIpc) is 3.05. The predicted octanol–water partition coefficient (Wildman–Crippen LogP) is 5.98. The van der Waals surface area contributed by atoms with E-state index >= 15 is 0 Å². The van der Waals surface area contributed by atoms with Crippen LogP contribution in [0.3, 0.4) is 0 Å². The Morgan fingerprint density at radius 3 is 2.04 bits per heavy atom. The van der Waals surface area contributed by atoms with Crippen molar-refractivity contribution in [2.75, 3.05) is 9.80 Å². The van der Waals surface area contributed by atoms with E-state index in [2.05, 4.69) is 114 Å². The van der Waals surface area contributed by atoms with Crippen molar-refractivity contribution >= 4 is 23.1 Å². The van der Waals surface area contributed by atoms with Crippen LogP contribution >= 0.6 is 11.8 Å². The topological polar surface area (TPSA) is 6.48 Å². The summed E-state index contributed by atoms with van der Waals surface area (Å²) in [5.41, 5.74) is 2.44. The summed E-state index contributed by atoms with van der Waals surface area (Å²) in [5, 5.41) is 0. The van der Waals surface area contributed by atoms with Crippen molar-refractivity contribution in [2.45, 2.75) is 22.9 Å². The van der Waals surface area contributed by atoms with Crippen molar-refractivity contribution in [3.63, 3.8) is 0 Å². The quantitative estimate of drug-likeness (QED) is 0.575. The van der Waals surface area contributed by atoms with Crippen LogP contribution in [0.1, 0.15) is 6.92 Å². The Bertz CT molecular complexity index is 861. The average molecular weight is 344 g/mol. The van der Waals surface area contributed by atoms with Crippen LogP contribution < -0.4 is 9.80 Å². The van der Waals surface area contributed by atoms with Crippen molar-refractivity contribution in [3.8, 4) is 0 Å². The fraction of sp³-hybridized carbons (Fsp3) is 0.0909. The third-order valence-electron chi connectivity index (χ3n) is 4.36. The minimum atomic E-state index is 0.236. The summed E-state index contributed by atoms with van der Waals surface area (Å²) in [7, 11) is 0. The molecule has 0 bridgehead atoms. The molecule has 0 radical (unpaired) electrons. The van der Waals surface area contributed by atoms with E-state index in [-0.39, 0.29) is 6.17 Å². The van der Waals surface area contributed by atoms with Gasteiger partial charge in [-0.25, -0.2) is 0 Å². The number of para-hydroxylation sites is 2. The second-order valence-corrected chi connectivity index (χ2v) is 7.08. The summed E-state index contributed by atoms with van der Waals surface area (Å²) in [6, 6.07) is 29.6. The smallest absolute Gasteiger partial charge is 0.107 e. The Morgan fingerprint density at radius 1 is 0.680 bits per heavy atom. The molecule has 1 aliphatic rings. The van der Waals surface area contributed by atoms with E-state index in [9.17, 15) is 0 Å². The lowest BCUT2D eigenvalue weighted by atomic mass is 10.2. The van der Waals surface area contributed by atoms with Crippen LogP contribution in [-0.4, -0.2) is 6.17 Å². The van der Waals surface area contributed by atoms with Gasteiger partial charge in [-0.15, -0.1) is 0 Å². The monoisotopic (exact) mass is 344 g/mol. The van der Waals surface area contributed by atoms with Crippen LogP contribution in [0.2, 0.25) is 0 Å². The van der Waals surface area contributed by atoms with E-state index in [0.29, 0.717) is 0 Å². The Labute approximate surface area is 153 Å². The van der Waals surface area contributed by atoms with E-state index in [1.165, 1.54) is 21.2 Å². The zero-order valence-electron chi connectivity index (χ0n) is 14.1. The molecule has 0 N–H and O–H groups in total. The molecule has 0 fully saturated rings. The normalized spacial score (nSPS) is 16.4. The lowest BCUT2D eigenvalue weighted by Crippen LogP contribution is -2.36. The molecule has 0 amide bonds. The molecule has 0 aromatic heterocycles. The van der Waals surface area contributed by atoms with Gasteiger partial charge in [0.1, 0.15) is 6.17 Å². The molecular weight excluding hydrogens is 324 g/mol. The summed E-state index contributed by atoms with van der Waals surface area (Å²) < 4.78 is 0.